The molecule has 0 fully saturated rings. The second-order valence-electron chi connectivity index (χ2n) is 7.33. The van der Waals surface area contributed by atoms with Crippen molar-refractivity contribution in [1.29, 1.82) is 0 Å². The summed E-state index contributed by atoms with van der Waals surface area (Å²) in [6.45, 7) is 4.29. The molecule has 0 unspecified atom stereocenters. The normalized spacial score (nSPS) is 13.5. The number of hydrogen-bond donors (Lipinski definition) is 2. The first kappa shape index (κ1) is 23.8. The van der Waals surface area contributed by atoms with Gasteiger partial charge < -0.3 is 29.6 Å². The Bertz CT molecular complexity index is 863. The van der Waals surface area contributed by atoms with Gasteiger partial charge in [-0.15, -0.1) is 0 Å². The summed E-state index contributed by atoms with van der Waals surface area (Å²) >= 11 is 0. The van der Waals surface area contributed by atoms with Crippen molar-refractivity contribution in [2.75, 3.05) is 58.6 Å². The van der Waals surface area contributed by atoms with Crippen LogP contribution in [-0.4, -0.2) is 59.2 Å². The summed E-state index contributed by atoms with van der Waals surface area (Å²) < 4.78 is 35.4. The molecule has 0 radical (unpaired) electrons. The molecule has 0 spiro atoms. The average Bonchev–Trinajstić information content (AvgIpc) is 3.03. The number of anilines is 1. The monoisotopic (exact) mass is 445 g/mol. The number of fused-ring (bicyclic) bond motifs is 1. The molecule has 0 atom stereocenters. The second kappa shape index (κ2) is 13.5. The van der Waals surface area contributed by atoms with Crippen LogP contribution in [0.5, 0.6) is 11.5 Å². The van der Waals surface area contributed by atoms with Gasteiger partial charge in [0, 0.05) is 45.0 Å². The van der Waals surface area contributed by atoms with E-state index >= 15 is 0 Å². The molecule has 0 amide bonds. The first-order valence-electron chi connectivity index (χ1n) is 11.0. The molecular weight excluding hydrogens is 413 g/mol. The lowest BCUT2D eigenvalue weighted by Crippen LogP contribution is -2.32. The van der Waals surface area contributed by atoms with E-state index in [1.54, 1.807) is 19.2 Å². The maximum Gasteiger partial charge on any atom is 0.195 e. The Morgan fingerprint density at radius 3 is 2.78 bits per heavy atom. The van der Waals surface area contributed by atoms with Crippen LogP contribution in [0.3, 0.4) is 0 Å². The molecule has 32 heavy (non-hydrogen) atoms. The molecule has 2 N–H and O–H groups in total. The minimum atomic E-state index is -0.227. The molecule has 0 aromatic heterocycles. The van der Waals surface area contributed by atoms with Gasteiger partial charge in [0.05, 0.1) is 26.4 Å². The van der Waals surface area contributed by atoms with E-state index in [0.29, 0.717) is 58.5 Å². The summed E-state index contributed by atoms with van der Waals surface area (Å²) in [5.41, 5.74) is 1.78. The predicted molar refractivity (Wildman–Crippen MR) is 123 cm³/mol. The number of aliphatic imine (C=N–C) groups is 1. The van der Waals surface area contributed by atoms with E-state index in [2.05, 4.69) is 15.6 Å². The lowest BCUT2D eigenvalue weighted by molar-refractivity contribution is 0.0702. The van der Waals surface area contributed by atoms with Gasteiger partial charge in [-0.3, -0.25) is 4.99 Å². The van der Waals surface area contributed by atoms with Gasteiger partial charge in [-0.1, -0.05) is 12.1 Å². The average molecular weight is 446 g/mol. The highest BCUT2D eigenvalue weighted by Gasteiger charge is 2.11. The molecule has 174 valence electrons. The van der Waals surface area contributed by atoms with Crippen molar-refractivity contribution >= 4 is 11.6 Å². The lowest BCUT2D eigenvalue weighted by Gasteiger charge is -2.15. The standard InChI is InChI=1S/C24H32FN3O4/c1-29-15-16-30-12-3-10-26-24(27-11-9-19-5-2-6-20(25)17-19)28-21-7-8-22-23(18-21)32-14-4-13-31-22/h2,5-8,17-18H,3-4,9-16H2,1H3,(H2,26,27,28). The third-order valence-corrected chi connectivity index (χ3v) is 4.75. The minimum absolute atomic E-state index is 0.227. The van der Waals surface area contributed by atoms with E-state index in [4.69, 9.17) is 18.9 Å². The quantitative estimate of drug-likeness (QED) is 0.313. The Labute approximate surface area is 188 Å². The molecule has 1 heterocycles. The van der Waals surface area contributed by atoms with E-state index in [-0.39, 0.29) is 5.82 Å². The first-order valence-corrected chi connectivity index (χ1v) is 11.0. The Morgan fingerprint density at radius 2 is 1.94 bits per heavy atom. The summed E-state index contributed by atoms with van der Waals surface area (Å²) in [7, 11) is 1.65. The molecule has 7 nitrogen and oxygen atoms in total. The molecule has 2 aromatic rings. The van der Waals surface area contributed by atoms with Crippen LogP contribution in [0.15, 0.2) is 47.5 Å². The third kappa shape index (κ3) is 8.36. The molecule has 1 aliphatic rings. The van der Waals surface area contributed by atoms with Crippen LogP contribution in [0.1, 0.15) is 18.4 Å². The predicted octanol–water partition coefficient (Wildman–Crippen LogP) is 3.64. The van der Waals surface area contributed by atoms with Crippen molar-refractivity contribution in [2.45, 2.75) is 19.3 Å². The van der Waals surface area contributed by atoms with E-state index in [9.17, 15) is 4.39 Å². The molecular formula is C24H32FN3O4. The van der Waals surface area contributed by atoms with Gasteiger partial charge >= 0.3 is 0 Å². The summed E-state index contributed by atoms with van der Waals surface area (Å²) in [4.78, 5) is 4.65. The molecule has 2 aromatic carbocycles. The number of hydrogen-bond acceptors (Lipinski definition) is 5. The Hall–Kier alpha value is -2.84. The van der Waals surface area contributed by atoms with Crippen LogP contribution >= 0.6 is 0 Å². The van der Waals surface area contributed by atoms with Crippen LogP contribution < -0.4 is 20.1 Å². The maximum absolute atomic E-state index is 13.4. The van der Waals surface area contributed by atoms with Crippen molar-refractivity contribution in [2.24, 2.45) is 4.99 Å². The van der Waals surface area contributed by atoms with Crippen molar-refractivity contribution in [1.82, 2.24) is 5.32 Å². The molecule has 0 saturated carbocycles. The number of methoxy groups -OCH3 is 1. The third-order valence-electron chi connectivity index (χ3n) is 4.75. The number of ether oxygens (including phenoxy) is 4. The molecule has 0 saturated heterocycles. The molecule has 0 bridgehead atoms. The number of nitrogens with zero attached hydrogens (tertiary/aromatic N) is 1. The van der Waals surface area contributed by atoms with Crippen molar-refractivity contribution < 1.29 is 23.3 Å². The smallest absolute Gasteiger partial charge is 0.195 e. The molecule has 0 aliphatic carbocycles. The largest absolute Gasteiger partial charge is 0.490 e. The van der Waals surface area contributed by atoms with Crippen LogP contribution in [0.4, 0.5) is 10.1 Å². The van der Waals surface area contributed by atoms with Crippen LogP contribution in [0, 0.1) is 5.82 Å². The van der Waals surface area contributed by atoms with Crippen molar-refractivity contribution in [3.05, 3.63) is 53.8 Å². The number of rotatable bonds is 11. The SMILES string of the molecule is COCCOCCCN=C(NCCc1cccc(F)c1)Nc1ccc2c(c1)OCCCO2. The van der Waals surface area contributed by atoms with E-state index in [0.717, 1.165) is 35.6 Å². The van der Waals surface area contributed by atoms with Gasteiger partial charge in [0.15, 0.2) is 17.5 Å². The van der Waals surface area contributed by atoms with Gasteiger partial charge in [0.2, 0.25) is 0 Å². The number of halogens is 1. The van der Waals surface area contributed by atoms with E-state index in [1.807, 2.05) is 24.3 Å². The highest BCUT2D eigenvalue weighted by atomic mass is 19.1. The Kier molecular flexibility index (Phi) is 10.1. The van der Waals surface area contributed by atoms with Crippen LogP contribution in [-0.2, 0) is 15.9 Å². The summed E-state index contributed by atoms with van der Waals surface area (Å²) in [6.07, 6.45) is 2.33. The zero-order valence-corrected chi connectivity index (χ0v) is 18.6. The lowest BCUT2D eigenvalue weighted by atomic mass is 10.1. The first-order chi connectivity index (χ1) is 15.7. The highest BCUT2D eigenvalue weighted by molar-refractivity contribution is 5.94. The summed E-state index contributed by atoms with van der Waals surface area (Å²) in [5.74, 6) is 1.89. The molecule has 1 aliphatic heterocycles. The number of nitrogens with one attached hydrogen (secondary N) is 2. The molecule has 3 rings (SSSR count). The fourth-order valence-electron chi connectivity index (χ4n) is 3.14. The summed E-state index contributed by atoms with van der Waals surface area (Å²) in [5, 5.41) is 6.65. The van der Waals surface area contributed by atoms with Gasteiger partial charge in [0.25, 0.3) is 0 Å². The topological polar surface area (TPSA) is 73.3 Å². The Morgan fingerprint density at radius 1 is 1.06 bits per heavy atom. The van der Waals surface area contributed by atoms with Crippen LogP contribution in [0.25, 0.3) is 0 Å². The van der Waals surface area contributed by atoms with Gasteiger partial charge in [-0.05, 0) is 42.7 Å². The number of benzene rings is 2. The van der Waals surface area contributed by atoms with Crippen LogP contribution in [0.2, 0.25) is 0 Å². The fourth-order valence-corrected chi connectivity index (χ4v) is 3.14. The zero-order valence-electron chi connectivity index (χ0n) is 18.6. The van der Waals surface area contributed by atoms with E-state index in [1.165, 1.54) is 6.07 Å². The highest BCUT2D eigenvalue weighted by Crippen LogP contribution is 2.32. The second-order valence-corrected chi connectivity index (χ2v) is 7.33. The molecule has 8 heteroatoms. The fraction of sp³-hybridized carbons (Fsp3) is 0.458. The maximum atomic E-state index is 13.4. The van der Waals surface area contributed by atoms with Gasteiger partial charge in [-0.25, -0.2) is 4.39 Å². The van der Waals surface area contributed by atoms with Gasteiger partial charge in [0.1, 0.15) is 5.82 Å². The van der Waals surface area contributed by atoms with Crippen molar-refractivity contribution in [3.63, 3.8) is 0 Å². The van der Waals surface area contributed by atoms with Crippen molar-refractivity contribution in [3.8, 4) is 11.5 Å². The number of guanidine groups is 1. The summed E-state index contributed by atoms with van der Waals surface area (Å²) in [6, 6.07) is 12.4. The Balaban J connectivity index is 1.57. The van der Waals surface area contributed by atoms with E-state index < -0.39 is 0 Å². The van der Waals surface area contributed by atoms with Gasteiger partial charge in [-0.2, -0.15) is 0 Å². The zero-order chi connectivity index (χ0) is 22.4. The minimum Gasteiger partial charge on any atom is -0.490 e.